The monoisotopic (exact) mass is 511 g/mol. The minimum Gasteiger partial charge on any atom is -0.496 e. The van der Waals surface area contributed by atoms with Gasteiger partial charge in [-0.15, -0.1) is 0 Å². The van der Waals surface area contributed by atoms with Gasteiger partial charge in [0.25, 0.3) is 0 Å². The largest absolute Gasteiger partial charge is 0.496 e. The number of hydrogen-bond donors (Lipinski definition) is 2. The first-order chi connectivity index (χ1) is 17.1. The Labute approximate surface area is 215 Å². The maximum absolute atomic E-state index is 12.2. The molecule has 0 saturated carbocycles. The number of amides is 1. The number of nitrogens with zero attached hydrogens (tertiary/aromatic N) is 2. The fourth-order valence-electron chi connectivity index (χ4n) is 4.45. The van der Waals surface area contributed by atoms with Gasteiger partial charge in [-0.25, -0.2) is 9.59 Å². The van der Waals surface area contributed by atoms with E-state index in [2.05, 4.69) is 5.32 Å². The summed E-state index contributed by atoms with van der Waals surface area (Å²) in [5, 5.41) is 18.0. The minimum absolute atomic E-state index is 0.188. The number of alkyl carbamates (subject to hydrolysis) is 1. The van der Waals surface area contributed by atoms with E-state index in [-0.39, 0.29) is 5.69 Å². The molecule has 1 aromatic heterocycles. The number of halogens is 1. The standard InChI is InChI=1S/C27H30ClN3O5/c1-27(2,3)36-26(34)29-11-6-12-31-24(25(32)33)19-10-9-17-14-22(35-4)20(15-21(17)23(19)30-31)16-7-5-8-18(28)13-16/h5,7-8,13-15H,6,9-12H2,1-4H3,(H,29,34)(H,32,33). The van der Waals surface area contributed by atoms with Crippen molar-refractivity contribution in [2.24, 2.45) is 0 Å². The number of aromatic nitrogens is 2. The third-order valence-electron chi connectivity index (χ3n) is 5.93. The van der Waals surface area contributed by atoms with Crippen LogP contribution >= 0.6 is 11.6 Å². The number of nitrogens with one attached hydrogen (secondary N) is 1. The van der Waals surface area contributed by atoms with Gasteiger partial charge in [-0.2, -0.15) is 5.10 Å². The van der Waals surface area contributed by atoms with Crippen molar-refractivity contribution in [3.63, 3.8) is 0 Å². The van der Waals surface area contributed by atoms with Gasteiger partial charge in [0, 0.05) is 34.8 Å². The highest BCUT2D eigenvalue weighted by Gasteiger charge is 2.29. The molecule has 1 aliphatic carbocycles. The van der Waals surface area contributed by atoms with E-state index >= 15 is 0 Å². The Bertz CT molecular complexity index is 1310. The van der Waals surface area contributed by atoms with Crippen molar-refractivity contribution < 1.29 is 24.2 Å². The van der Waals surface area contributed by atoms with Gasteiger partial charge in [0.15, 0.2) is 0 Å². The predicted octanol–water partition coefficient (Wildman–Crippen LogP) is 5.59. The molecular formula is C27H30ClN3O5. The average molecular weight is 512 g/mol. The molecule has 2 N–H and O–H groups in total. The van der Waals surface area contributed by atoms with Crippen molar-refractivity contribution in [1.29, 1.82) is 0 Å². The van der Waals surface area contributed by atoms with E-state index in [0.29, 0.717) is 43.1 Å². The molecule has 0 bridgehead atoms. The zero-order chi connectivity index (χ0) is 26.0. The fourth-order valence-corrected chi connectivity index (χ4v) is 4.64. The summed E-state index contributed by atoms with van der Waals surface area (Å²) in [6.07, 6.45) is 1.25. The zero-order valence-electron chi connectivity index (χ0n) is 20.9. The number of carbonyl (C=O) groups is 2. The highest BCUT2D eigenvalue weighted by atomic mass is 35.5. The molecule has 8 nitrogen and oxygen atoms in total. The van der Waals surface area contributed by atoms with Crippen molar-refractivity contribution in [1.82, 2.24) is 15.1 Å². The van der Waals surface area contributed by atoms with E-state index in [0.717, 1.165) is 33.6 Å². The van der Waals surface area contributed by atoms with Crippen molar-refractivity contribution in [2.75, 3.05) is 13.7 Å². The van der Waals surface area contributed by atoms with Gasteiger partial charge in [0.2, 0.25) is 0 Å². The predicted molar refractivity (Wildman–Crippen MR) is 138 cm³/mol. The van der Waals surface area contributed by atoms with Crippen LogP contribution in [0.25, 0.3) is 22.4 Å². The maximum atomic E-state index is 12.2. The van der Waals surface area contributed by atoms with Gasteiger partial charge >= 0.3 is 12.1 Å². The second-order valence-electron chi connectivity index (χ2n) is 9.71. The van der Waals surface area contributed by atoms with Gasteiger partial charge in [-0.05, 0) is 75.4 Å². The van der Waals surface area contributed by atoms with Gasteiger partial charge in [0.05, 0.1) is 12.8 Å². The number of carboxylic acids is 1. The summed E-state index contributed by atoms with van der Waals surface area (Å²) < 4.78 is 12.4. The molecule has 0 spiro atoms. The molecular weight excluding hydrogens is 482 g/mol. The van der Waals surface area contributed by atoms with Crippen LogP contribution in [-0.2, 0) is 24.1 Å². The van der Waals surface area contributed by atoms with Gasteiger partial charge in [-0.1, -0.05) is 23.7 Å². The van der Waals surface area contributed by atoms with Crippen LogP contribution in [-0.4, -0.2) is 46.2 Å². The molecule has 0 atom stereocenters. The van der Waals surface area contributed by atoms with Crippen LogP contribution in [0.5, 0.6) is 5.75 Å². The summed E-state index contributed by atoms with van der Waals surface area (Å²) in [5.74, 6) is -0.290. The molecule has 0 saturated heterocycles. The van der Waals surface area contributed by atoms with E-state index in [1.165, 1.54) is 4.68 Å². The highest BCUT2D eigenvalue weighted by molar-refractivity contribution is 6.30. The number of methoxy groups -OCH3 is 1. The topological polar surface area (TPSA) is 103 Å². The molecule has 1 amide bonds. The minimum atomic E-state index is -1.02. The maximum Gasteiger partial charge on any atom is 0.407 e. The molecule has 36 heavy (non-hydrogen) atoms. The lowest BCUT2D eigenvalue weighted by Gasteiger charge is -2.19. The SMILES string of the molecule is COc1cc2c(cc1-c1cccc(Cl)c1)-c1nn(CCCNC(=O)OC(C)(C)C)c(C(=O)O)c1CC2. The number of aromatic carboxylic acids is 1. The molecule has 1 aliphatic rings. The van der Waals surface area contributed by atoms with E-state index in [1.807, 2.05) is 36.4 Å². The second-order valence-corrected chi connectivity index (χ2v) is 10.1. The van der Waals surface area contributed by atoms with Gasteiger partial charge < -0.3 is 19.9 Å². The lowest BCUT2D eigenvalue weighted by molar-refractivity contribution is 0.0524. The van der Waals surface area contributed by atoms with Gasteiger partial charge in [0.1, 0.15) is 17.0 Å². The third-order valence-corrected chi connectivity index (χ3v) is 6.16. The number of carboxylic acid groups (broad SMARTS) is 1. The highest BCUT2D eigenvalue weighted by Crippen LogP contribution is 2.42. The normalized spacial score (nSPS) is 12.5. The quantitative estimate of drug-likeness (QED) is 0.401. The van der Waals surface area contributed by atoms with E-state index in [9.17, 15) is 14.7 Å². The summed E-state index contributed by atoms with van der Waals surface area (Å²) in [6, 6.07) is 11.5. The van der Waals surface area contributed by atoms with Crippen molar-refractivity contribution >= 4 is 23.7 Å². The van der Waals surface area contributed by atoms with Crippen molar-refractivity contribution in [3.8, 4) is 28.1 Å². The summed E-state index contributed by atoms with van der Waals surface area (Å²) in [5.41, 5.74) is 4.70. The summed E-state index contributed by atoms with van der Waals surface area (Å²) in [4.78, 5) is 24.1. The summed E-state index contributed by atoms with van der Waals surface area (Å²) in [7, 11) is 1.63. The van der Waals surface area contributed by atoms with Crippen molar-refractivity contribution in [2.45, 2.75) is 52.2 Å². The molecule has 190 valence electrons. The second kappa shape index (κ2) is 10.2. The van der Waals surface area contributed by atoms with E-state index < -0.39 is 17.7 Å². The molecule has 0 unspecified atom stereocenters. The smallest absolute Gasteiger partial charge is 0.407 e. The number of carbonyl (C=O) groups excluding carboxylic acids is 1. The summed E-state index contributed by atoms with van der Waals surface area (Å²) in [6.45, 7) is 6.07. The van der Waals surface area contributed by atoms with Crippen LogP contribution in [0.2, 0.25) is 5.02 Å². The fraction of sp³-hybridized carbons (Fsp3) is 0.370. The number of hydrogen-bond acceptors (Lipinski definition) is 5. The van der Waals surface area contributed by atoms with E-state index in [1.54, 1.807) is 27.9 Å². The van der Waals surface area contributed by atoms with Crippen LogP contribution in [0.4, 0.5) is 4.79 Å². The number of rotatable bonds is 7. The molecule has 1 heterocycles. The Morgan fingerprint density at radius 2 is 1.94 bits per heavy atom. The van der Waals surface area contributed by atoms with E-state index in [4.69, 9.17) is 26.2 Å². The van der Waals surface area contributed by atoms with Crippen LogP contribution < -0.4 is 10.1 Å². The van der Waals surface area contributed by atoms with Crippen LogP contribution in [0.15, 0.2) is 36.4 Å². The molecule has 3 aromatic rings. The molecule has 0 radical (unpaired) electrons. The van der Waals surface area contributed by atoms with Crippen LogP contribution in [0.1, 0.15) is 48.8 Å². The Balaban J connectivity index is 1.64. The summed E-state index contributed by atoms with van der Waals surface area (Å²) >= 11 is 6.23. The van der Waals surface area contributed by atoms with Gasteiger partial charge in [-0.3, -0.25) is 4.68 Å². The lowest BCUT2D eigenvalue weighted by Crippen LogP contribution is -2.33. The number of aryl methyl sites for hydroxylation is 2. The average Bonchev–Trinajstić information content (AvgIpc) is 3.19. The first-order valence-electron chi connectivity index (χ1n) is 11.8. The van der Waals surface area contributed by atoms with Crippen LogP contribution in [0.3, 0.4) is 0 Å². The first-order valence-corrected chi connectivity index (χ1v) is 12.2. The number of ether oxygens (including phenoxy) is 2. The zero-order valence-corrected chi connectivity index (χ0v) is 21.6. The van der Waals surface area contributed by atoms with Crippen LogP contribution in [0, 0.1) is 0 Å². The third kappa shape index (κ3) is 5.49. The molecule has 2 aromatic carbocycles. The Kier molecular flexibility index (Phi) is 7.26. The Morgan fingerprint density at radius 1 is 1.17 bits per heavy atom. The Morgan fingerprint density at radius 3 is 2.61 bits per heavy atom. The first kappa shape index (κ1) is 25.6. The molecule has 4 rings (SSSR count). The molecule has 0 fully saturated rings. The Hall–Kier alpha value is -3.52. The lowest BCUT2D eigenvalue weighted by atomic mass is 9.86. The molecule has 9 heteroatoms. The number of benzene rings is 2. The molecule has 0 aliphatic heterocycles. The van der Waals surface area contributed by atoms with Crippen molar-refractivity contribution in [3.05, 3.63) is 58.2 Å². The number of fused-ring (bicyclic) bond motifs is 3.